The molecule has 0 aliphatic heterocycles. The van der Waals surface area contributed by atoms with Crippen LogP contribution in [0.2, 0.25) is 0 Å². The number of rotatable bonds is 6. The van der Waals surface area contributed by atoms with Crippen LogP contribution < -0.4 is 10.1 Å². The highest BCUT2D eigenvalue weighted by Crippen LogP contribution is 2.32. The lowest BCUT2D eigenvalue weighted by molar-refractivity contribution is -0.123. The van der Waals surface area contributed by atoms with Gasteiger partial charge in [0.15, 0.2) is 6.61 Å². The van der Waals surface area contributed by atoms with Gasteiger partial charge in [0.25, 0.3) is 5.91 Å². The SMILES string of the molecule is Cc1cccc(-c2noc(CNC(=O)COc3ccc4ccccc4c3Br)n2)c1. The van der Waals surface area contributed by atoms with Crippen LogP contribution in [0.25, 0.3) is 22.2 Å². The van der Waals surface area contributed by atoms with E-state index in [4.69, 9.17) is 9.26 Å². The zero-order chi connectivity index (χ0) is 20.2. The Bertz CT molecular complexity index is 1170. The summed E-state index contributed by atoms with van der Waals surface area (Å²) in [7, 11) is 0. The molecule has 1 N–H and O–H groups in total. The van der Waals surface area contributed by atoms with E-state index in [-0.39, 0.29) is 19.1 Å². The van der Waals surface area contributed by atoms with Crippen molar-refractivity contribution >= 4 is 32.6 Å². The Morgan fingerprint density at radius 3 is 2.86 bits per heavy atom. The number of amides is 1. The molecule has 1 aromatic heterocycles. The number of nitrogens with zero attached hydrogens (tertiary/aromatic N) is 2. The van der Waals surface area contributed by atoms with Gasteiger partial charge in [0.1, 0.15) is 5.75 Å². The molecule has 0 bridgehead atoms. The normalized spacial score (nSPS) is 10.8. The maximum Gasteiger partial charge on any atom is 0.258 e. The van der Waals surface area contributed by atoms with E-state index in [0.717, 1.165) is 26.4 Å². The third-order valence-corrected chi connectivity index (χ3v) is 5.19. The van der Waals surface area contributed by atoms with Crippen LogP contribution in [0.4, 0.5) is 0 Å². The van der Waals surface area contributed by atoms with Crippen molar-refractivity contribution in [3.8, 4) is 17.1 Å². The Morgan fingerprint density at radius 1 is 1.14 bits per heavy atom. The molecule has 0 unspecified atom stereocenters. The fourth-order valence-electron chi connectivity index (χ4n) is 2.92. The van der Waals surface area contributed by atoms with Crippen molar-refractivity contribution in [3.63, 3.8) is 0 Å². The molecule has 0 radical (unpaired) electrons. The van der Waals surface area contributed by atoms with Crippen molar-refractivity contribution in [2.75, 3.05) is 6.61 Å². The molecule has 0 aliphatic rings. The maximum absolute atomic E-state index is 12.1. The minimum atomic E-state index is -0.277. The summed E-state index contributed by atoms with van der Waals surface area (Å²) in [5.41, 5.74) is 1.98. The summed E-state index contributed by atoms with van der Waals surface area (Å²) in [6, 6.07) is 19.6. The standard InChI is InChI=1S/C22H18BrN3O3/c1-14-5-4-7-16(11-14)22-25-20(29-26-22)12-24-19(27)13-28-18-10-9-15-6-2-3-8-17(15)21(18)23/h2-11H,12-13H2,1H3,(H,24,27). The number of benzene rings is 3. The van der Waals surface area contributed by atoms with E-state index >= 15 is 0 Å². The van der Waals surface area contributed by atoms with Gasteiger partial charge in [0.05, 0.1) is 11.0 Å². The second-order valence-electron chi connectivity index (χ2n) is 6.55. The number of nitrogens with one attached hydrogen (secondary N) is 1. The molecule has 0 saturated heterocycles. The first kappa shape index (κ1) is 19.1. The van der Waals surface area contributed by atoms with Crippen molar-refractivity contribution in [2.45, 2.75) is 13.5 Å². The molecule has 1 heterocycles. The second-order valence-corrected chi connectivity index (χ2v) is 7.34. The van der Waals surface area contributed by atoms with Crippen LogP contribution in [0.5, 0.6) is 5.75 Å². The number of carbonyl (C=O) groups is 1. The molecule has 4 rings (SSSR count). The van der Waals surface area contributed by atoms with Gasteiger partial charge in [-0.15, -0.1) is 0 Å². The van der Waals surface area contributed by atoms with Crippen LogP contribution in [-0.4, -0.2) is 22.7 Å². The molecule has 0 aliphatic carbocycles. The minimum absolute atomic E-state index is 0.115. The van der Waals surface area contributed by atoms with Crippen LogP contribution in [0.1, 0.15) is 11.5 Å². The molecule has 6 nitrogen and oxygen atoms in total. The molecule has 0 saturated carbocycles. The van der Waals surface area contributed by atoms with Gasteiger partial charge in [0, 0.05) is 5.56 Å². The fourth-order valence-corrected chi connectivity index (χ4v) is 3.53. The Morgan fingerprint density at radius 2 is 2.00 bits per heavy atom. The monoisotopic (exact) mass is 451 g/mol. The molecular formula is C22H18BrN3O3. The smallest absolute Gasteiger partial charge is 0.258 e. The van der Waals surface area contributed by atoms with Crippen LogP contribution in [-0.2, 0) is 11.3 Å². The number of ether oxygens (including phenoxy) is 1. The molecule has 1 amide bonds. The van der Waals surface area contributed by atoms with Gasteiger partial charge in [-0.1, -0.05) is 59.3 Å². The quantitative estimate of drug-likeness (QED) is 0.461. The molecule has 0 fully saturated rings. The summed E-state index contributed by atoms with van der Waals surface area (Å²) < 4.78 is 11.7. The van der Waals surface area contributed by atoms with Crippen molar-refractivity contribution in [1.29, 1.82) is 0 Å². The zero-order valence-corrected chi connectivity index (χ0v) is 17.3. The van der Waals surface area contributed by atoms with Gasteiger partial charge < -0.3 is 14.6 Å². The predicted molar refractivity (Wildman–Crippen MR) is 113 cm³/mol. The molecule has 146 valence electrons. The highest BCUT2D eigenvalue weighted by Gasteiger charge is 2.12. The first-order valence-electron chi connectivity index (χ1n) is 9.06. The lowest BCUT2D eigenvalue weighted by atomic mass is 10.1. The van der Waals surface area contributed by atoms with Crippen LogP contribution in [0, 0.1) is 6.92 Å². The summed E-state index contributed by atoms with van der Waals surface area (Å²) in [6.45, 7) is 2.02. The molecule has 4 aromatic rings. The van der Waals surface area contributed by atoms with E-state index in [2.05, 4.69) is 31.4 Å². The number of fused-ring (bicyclic) bond motifs is 1. The van der Waals surface area contributed by atoms with Gasteiger partial charge in [-0.25, -0.2) is 0 Å². The van der Waals surface area contributed by atoms with Crippen molar-refractivity contribution < 1.29 is 14.1 Å². The van der Waals surface area contributed by atoms with E-state index in [9.17, 15) is 4.79 Å². The number of halogens is 1. The fraction of sp³-hybridized carbons (Fsp3) is 0.136. The number of hydrogen-bond donors (Lipinski definition) is 1. The van der Waals surface area contributed by atoms with Crippen molar-refractivity contribution in [2.24, 2.45) is 0 Å². The van der Waals surface area contributed by atoms with E-state index in [0.29, 0.717) is 17.5 Å². The maximum atomic E-state index is 12.1. The topological polar surface area (TPSA) is 77.2 Å². The summed E-state index contributed by atoms with van der Waals surface area (Å²) in [4.78, 5) is 16.5. The largest absolute Gasteiger partial charge is 0.483 e. The Labute approximate surface area is 176 Å². The van der Waals surface area contributed by atoms with Gasteiger partial charge >= 0.3 is 0 Å². The minimum Gasteiger partial charge on any atom is -0.483 e. The molecule has 7 heteroatoms. The average molecular weight is 452 g/mol. The first-order chi connectivity index (χ1) is 14.1. The number of aromatic nitrogens is 2. The second kappa shape index (κ2) is 8.45. The Kier molecular flexibility index (Phi) is 5.57. The lowest BCUT2D eigenvalue weighted by Gasteiger charge is -2.10. The summed E-state index contributed by atoms with van der Waals surface area (Å²) in [6.07, 6.45) is 0. The number of hydrogen-bond acceptors (Lipinski definition) is 5. The number of carbonyl (C=O) groups excluding carboxylic acids is 1. The number of aryl methyl sites for hydroxylation is 1. The predicted octanol–water partition coefficient (Wildman–Crippen LogP) is 4.66. The van der Waals surface area contributed by atoms with E-state index < -0.39 is 0 Å². The molecule has 0 spiro atoms. The lowest BCUT2D eigenvalue weighted by Crippen LogP contribution is -2.28. The molecular weight excluding hydrogens is 434 g/mol. The third-order valence-electron chi connectivity index (χ3n) is 4.37. The first-order valence-corrected chi connectivity index (χ1v) is 9.86. The Balaban J connectivity index is 1.33. The molecule has 3 aromatic carbocycles. The van der Waals surface area contributed by atoms with Crippen LogP contribution in [0.3, 0.4) is 0 Å². The average Bonchev–Trinajstić information content (AvgIpc) is 3.21. The molecule has 0 atom stereocenters. The van der Waals surface area contributed by atoms with Gasteiger partial charge in [0.2, 0.25) is 11.7 Å². The van der Waals surface area contributed by atoms with E-state index in [1.165, 1.54) is 0 Å². The summed E-state index contributed by atoms with van der Waals surface area (Å²) in [5.74, 6) is 1.16. The zero-order valence-electron chi connectivity index (χ0n) is 15.7. The molecule has 29 heavy (non-hydrogen) atoms. The summed E-state index contributed by atoms with van der Waals surface area (Å²) in [5, 5.41) is 8.81. The highest BCUT2D eigenvalue weighted by atomic mass is 79.9. The van der Waals surface area contributed by atoms with Gasteiger partial charge in [-0.05, 0) is 45.8 Å². The van der Waals surface area contributed by atoms with Crippen molar-refractivity contribution in [3.05, 3.63) is 76.6 Å². The van der Waals surface area contributed by atoms with Crippen LogP contribution >= 0.6 is 15.9 Å². The third kappa shape index (κ3) is 4.46. The highest BCUT2D eigenvalue weighted by molar-refractivity contribution is 9.10. The van der Waals surface area contributed by atoms with Gasteiger partial charge in [-0.2, -0.15) is 4.98 Å². The van der Waals surface area contributed by atoms with E-state index in [1.807, 2.05) is 67.6 Å². The summed E-state index contributed by atoms with van der Waals surface area (Å²) >= 11 is 3.55. The van der Waals surface area contributed by atoms with Crippen LogP contribution in [0.15, 0.2) is 69.7 Å². The van der Waals surface area contributed by atoms with Gasteiger partial charge in [-0.3, -0.25) is 4.79 Å². The van der Waals surface area contributed by atoms with Crippen molar-refractivity contribution in [1.82, 2.24) is 15.5 Å². The van der Waals surface area contributed by atoms with E-state index in [1.54, 1.807) is 0 Å². The Hall–Kier alpha value is -3.19.